The average Bonchev–Trinajstić information content (AvgIpc) is 2.85. The lowest BCUT2D eigenvalue weighted by atomic mass is 10.1. The molecule has 0 N–H and O–H groups in total. The summed E-state index contributed by atoms with van der Waals surface area (Å²) in [5, 5.41) is 0. The minimum absolute atomic E-state index is 0.198. The quantitative estimate of drug-likeness (QED) is 0.548. The SMILES string of the molecule is COCc1cc(N2CCN(C(=O)OC(C)(C)C)C[C@H]2C)ccc1N1CCN(Cc2ccccc2)[C@H](C)C1. The first-order chi connectivity index (χ1) is 17.6. The molecule has 2 heterocycles. The fourth-order valence-corrected chi connectivity index (χ4v) is 5.43. The number of ether oxygens (including phenoxy) is 2. The maximum Gasteiger partial charge on any atom is 0.410 e. The number of rotatable bonds is 6. The van der Waals surface area contributed by atoms with Crippen LogP contribution in [-0.4, -0.2) is 80.0 Å². The molecule has 2 atom stereocenters. The standard InChI is InChI=1S/C30H44N4O3/c1-23-19-32(15-14-31(23)21-25-10-8-7-9-11-25)28-13-12-27(18-26(28)22-36-6)34-17-16-33(20-24(34)2)29(35)37-30(3,4)5/h7-13,18,23-24H,14-17,19-22H2,1-6H3/t23-,24-/m1/s1. The Morgan fingerprint density at radius 1 is 0.946 bits per heavy atom. The third-order valence-corrected chi connectivity index (χ3v) is 7.31. The van der Waals surface area contributed by atoms with Gasteiger partial charge >= 0.3 is 6.09 Å². The van der Waals surface area contributed by atoms with Gasteiger partial charge in [0.2, 0.25) is 0 Å². The van der Waals surface area contributed by atoms with E-state index in [1.165, 1.54) is 22.5 Å². The highest BCUT2D eigenvalue weighted by Gasteiger charge is 2.31. The molecule has 0 aromatic heterocycles. The molecule has 2 aromatic rings. The smallest absolute Gasteiger partial charge is 0.410 e. The van der Waals surface area contributed by atoms with Crippen molar-refractivity contribution in [2.24, 2.45) is 0 Å². The lowest BCUT2D eigenvalue weighted by molar-refractivity contribution is 0.0219. The molecule has 1 amide bonds. The van der Waals surface area contributed by atoms with E-state index in [4.69, 9.17) is 9.47 Å². The van der Waals surface area contributed by atoms with Crippen molar-refractivity contribution < 1.29 is 14.3 Å². The number of hydrogen-bond acceptors (Lipinski definition) is 6. The Hall–Kier alpha value is -2.77. The Morgan fingerprint density at radius 3 is 2.35 bits per heavy atom. The minimum Gasteiger partial charge on any atom is -0.444 e. The number of carbonyl (C=O) groups excluding carboxylic acids is 1. The number of amides is 1. The van der Waals surface area contributed by atoms with Gasteiger partial charge in [-0.25, -0.2) is 4.79 Å². The first-order valence-corrected chi connectivity index (χ1v) is 13.5. The van der Waals surface area contributed by atoms with Crippen LogP contribution in [0.4, 0.5) is 16.2 Å². The van der Waals surface area contributed by atoms with E-state index in [9.17, 15) is 4.79 Å². The molecule has 2 saturated heterocycles. The predicted octanol–water partition coefficient (Wildman–Crippen LogP) is 4.99. The lowest BCUT2D eigenvalue weighted by Gasteiger charge is -2.43. The highest BCUT2D eigenvalue weighted by molar-refractivity contribution is 5.69. The second-order valence-corrected chi connectivity index (χ2v) is 11.5. The van der Waals surface area contributed by atoms with Crippen molar-refractivity contribution >= 4 is 17.5 Å². The third-order valence-electron chi connectivity index (χ3n) is 7.31. The Bertz CT molecular complexity index is 1040. The third kappa shape index (κ3) is 6.96. The topological polar surface area (TPSA) is 48.5 Å². The first kappa shape index (κ1) is 27.3. The molecule has 2 aliphatic rings. The minimum atomic E-state index is -0.479. The monoisotopic (exact) mass is 508 g/mol. The van der Waals surface area contributed by atoms with Gasteiger partial charge in [0.25, 0.3) is 0 Å². The van der Waals surface area contributed by atoms with Crippen LogP contribution >= 0.6 is 0 Å². The van der Waals surface area contributed by atoms with Crippen molar-refractivity contribution in [3.8, 4) is 0 Å². The zero-order valence-electron chi connectivity index (χ0n) is 23.4. The molecule has 7 nitrogen and oxygen atoms in total. The lowest BCUT2D eigenvalue weighted by Crippen LogP contribution is -2.54. The molecule has 2 aliphatic heterocycles. The number of piperazine rings is 2. The number of carbonyl (C=O) groups is 1. The van der Waals surface area contributed by atoms with E-state index in [1.54, 1.807) is 7.11 Å². The fourth-order valence-electron chi connectivity index (χ4n) is 5.43. The van der Waals surface area contributed by atoms with Crippen molar-refractivity contribution in [1.82, 2.24) is 9.80 Å². The van der Waals surface area contributed by atoms with Gasteiger partial charge in [-0.2, -0.15) is 0 Å². The van der Waals surface area contributed by atoms with Gasteiger partial charge in [-0.1, -0.05) is 30.3 Å². The summed E-state index contributed by atoms with van der Waals surface area (Å²) in [6.45, 7) is 16.9. The van der Waals surface area contributed by atoms with Crippen LogP contribution in [0, 0.1) is 0 Å². The molecular weight excluding hydrogens is 464 g/mol. The average molecular weight is 509 g/mol. The molecule has 37 heavy (non-hydrogen) atoms. The number of benzene rings is 2. The summed E-state index contributed by atoms with van der Waals surface area (Å²) in [5.41, 5.74) is 4.55. The maximum atomic E-state index is 12.6. The van der Waals surface area contributed by atoms with E-state index in [2.05, 4.69) is 77.1 Å². The summed E-state index contributed by atoms with van der Waals surface area (Å²) in [6, 6.07) is 18.2. The summed E-state index contributed by atoms with van der Waals surface area (Å²) in [6.07, 6.45) is -0.227. The molecule has 0 saturated carbocycles. The second kappa shape index (κ2) is 11.7. The molecule has 0 bridgehead atoms. The van der Waals surface area contributed by atoms with Crippen LogP contribution in [0.1, 0.15) is 45.7 Å². The summed E-state index contributed by atoms with van der Waals surface area (Å²) < 4.78 is 11.2. The van der Waals surface area contributed by atoms with Crippen LogP contribution in [0.2, 0.25) is 0 Å². The number of anilines is 2. The van der Waals surface area contributed by atoms with Gasteiger partial charge in [-0.15, -0.1) is 0 Å². The van der Waals surface area contributed by atoms with Crippen LogP contribution in [0.3, 0.4) is 0 Å². The normalized spacial score (nSPS) is 21.3. The van der Waals surface area contributed by atoms with E-state index in [-0.39, 0.29) is 12.1 Å². The highest BCUT2D eigenvalue weighted by Crippen LogP contribution is 2.31. The summed E-state index contributed by atoms with van der Waals surface area (Å²) in [4.78, 5) is 21.9. The second-order valence-electron chi connectivity index (χ2n) is 11.5. The Kier molecular flexibility index (Phi) is 8.65. The van der Waals surface area contributed by atoms with Crippen molar-refractivity contribution in [3.05, 3.63) is 59.7 Å². The molecule has 0 unspecified atom stereocenters. The van der Waals surface area contributed by atoms with Crippen molar-refractivity contribution in [2.45, 2.75) is 65.5 Å². The molecule has 0 aliphatic carbocycles. The van der Waals surface area contributed by atoms with Crippen LogP contribution in [-0.2, 0) is 22.6 Å². The molecule has 2 fully saturated rings. The molecule has 0 radical (unpaired) electrons. The molecule has 0 spiro atoms. The van der Waals surface area contributed by atoms with Crippen LogP contribution in [0.15, 0.2) is 48.5 Å². The molecular formula is C30H44N4O3. The summed E-state index contributed by atoms with van der Waals surface area (Å²) in [5.74, 6) is 0. The van der Waals surface area contributed by atoms with E-state index in [1.807, 2.05) is 25.7 Å². The molecule has 2 aromatic carbocycles. The molecule has 202 valence electrons. The number of nitrogens with zero attached hydrogens (tertiary/aromatic N) is 4. The van der Waals surface area contributed by atoms with Crippen LogP contribution < -0.4 is 9.80 Å². The van der Waals surface area contributed by atoms with Crippen molar-refractivity contribution in [1.29, 1.82) is 0 Å². The number of hydrogen-bond donors (Lipinski definition) is 0. The first-order valence-electron chi connectivity index (χ1n) is 13.5. The van der Waals surface area contributed by atoms with Crippen molar-refractivity contribution in [3.63, 3.8) is 0 Å². The summed E-state index contributed by atoms with van der Waals surface area (Å²) >= 11 is 0. The van der Waals surface area contributed by atoms with E-state index in [0.717, 1.165) is 32.7 Å². The zero-order chi connectivity index (χ0) is 26.6. The zero-order valence-corrected chi connectivity index (χ0v) is 23.4. The number of methoxy groups -OCH3 is 1. The Balaban J connectivity index is 1.42. The molecule has 7 heteroatoms. The fraction of sp³-hybridized carbons (Fsp3) is 0.567. The van der Waals surface area contributed by atoms with Gasteiger partial charge in [0.05, 0.1) is 6.61 Å². The largest absolute Gasteiger partial charge is 0.444 e. The highest BCUT2D eigenvalue weighted by atomic mass is 16.6. The maximum absolute atomic E-state index is 12.6. The predicted molar refractivity (Wildman–Crippen MR) is 150 cm³/mol. The Labute approximate surface area is 222 Å². The van der Waals surface area contributed by atoms with Gasteiger partial charge in [-0.3, -0.25) is 4.90 Å². The molecule has 4 rings (SSSR count). The van der Waals surface area contributed by atoms with Gasteiger partial charge in [0, 0.05) is 81.9 Å². The van der Waals surface area contributed by atoms with E-state index >= 15 is 0 Å². The van der Waals surface area contributed by atoms with Crippen LogP contribution in [0.25, 0.3) is 0 Å². The Morgan fingerprint density at radius 2 is 1.70 bits per heavy atom. The van der Waals surface area contributed by atoms with Gasteiger partial charge in [0.1, 0.15) is 5.60 Å². The van der Waals surface area contributed by atoms with E-state index < -0.39 is 5.60 Å². The van der Waals surface area contributed by atoms with Crippen molar-refractivity contribution in [2.75, 3.05) is 56.2 Å². The summed E-state index contributed by atoms with van der Waals surface area (Å²) in [7, 11) is 1.76. The van der Waals surface area contributed by atoms with Gasteiger partial charge < -0.3 is 24.2 Å². The van der Waals surface area contributed by atoms with E-state index in [0.29, 0.717) is 25.7 Å². The van der Waals surface area contributed by atoms with Gasteiger partial charge in [-0.05, 0) is 58.4 Å². The van der Waals surface area contributed by atoms with Crippen LogP contribution in [0.5, 0.6) is 0 Å². The van der Waals surface area contributed by atoms with Gasteiger partial charge in [0.15, 0.2) is 0 Å².